The van der Waals surface area contributed by atoms with Gasteiger partial charge in [-0.2, -0.15) is 0 Å². The largest absolute Gasteiger partial charge is 0.483 e. The zero-order valence-corrected chi connectivity index (χ0v) is 23.2. The van der Waals surface area contributed by atoms with Crippen LogP contribution in [-0.2, 0) is 22.6 Å². The molecule has 1 N–H and O–H groups in total. The Labute approximate surface area is 234 Å². The molecule has 0 heterocycles. The van der Waals surface area contributed by atoms with Gasteiger partial charge in [0, 0.05) is 35.6 Å². The molecule has 4 aromatic rings. The summed E-state index contributed by atoms with van der Waals surface area (Å²) in [7, 11) is 1.55. The van der Waals surface area contributed by atoms with Crippen LogP contribution in [0.15, 0.2) is 89.4 Å². The Morgan fingerprint density at radius 2 is 1.59 bits per heavy atom. The van der Waals surface area contributed by atoms with Gasteiger partial charge in [-0.15, -0.1) is 0 Å². The predicted octanol–water partition coefficient (Wildman–Crippen LogP) is 6.67. The summed E-state index contributed by atoms with van der Waals surface area (Å²) in [5.74, 6) is -0.143. The van der Waals surface area contributed by atoms with Crippen LogP contribution in [0, 0.1) is 0 Å². The molecule has 0 aliphatic carbocycles. The maximum atomic E-state index is 13.7. The van der Waals surface area contributed by atoms with Gasteiger partial charge in [0.2, 0.25) is 5.91 Å². The number of halogens is 3. The standard InChI is InChI=1S/C29H25BrCl2N2O3/c1-33-29(36)25(16-19-8-3-2-4-9-19)34(17-22-23(31)12-7-13-24(22)32)27(35)18-37-26-15-14-20-10-5-6-11-21(20)28(26)30/h2-15,25H,16-18H2,1H3,(H,33,36)/t25-/m1/s1. The highest BCUT2D eigenvalue weighted by molar-refractivity contribution is 9.10. The number of carbonyl (C=O) groups excluding carboxylic acids is 2. The third-order valence-corrected chi connectivity index (χ3v) is 7.61. The third-order valence-electron chi connectivity index (χ3n) is 6.09. The second-order valence-corrected chi connectivity index (χ2v) is 10.0. The highest BCUT2D eigenvalue weighted by Crippen LogP contribution is 2.33. The summed E-state index contributed by atoms with van der Waals surface area (Å²) in [6, 6.07) is 25.5. The van der Waals surface area contributed by atoms with Gasteiger partial charge >= 0.3 is 0 Å². The fourth-order valence-electron chi connectivity index (χ4n) is 4.12. The predicted molar refractivity (Wildman–Crippen MR) is 152 cm³/mol. The SMILES string of the molecule is CNC(=O)[C@@H](Cc1ccccc1)N(Cc1c(Cl)cccc1Cl)C(=O)COc1ccc2ccccc2c1Br. The van der Waals surface area contributed by atoms with Crippen LogP contribution in [0.2, 0.25) is 10.0 Å². The number of likely N-dealkylation sites (N-methyl/N-ethyl adjacent to an activating group) is 1. The van der Waals surface area contributed by atoms with Crippen LogP contribution < -0.4 is 10.1 Å². The quantitative estimate of drug-likeness (QED) is 0.234. The Balaban J connectivity index is 1.65. The zero-order chi connectivity index (χ0) is 26.4. The number of carbonyl (C=O) groups is 2. The number of nitrogens with zero attached hydrogens (tertiary/aromatic N) is 1. The van der Waals surface area contributed by atoms with E-state index >= 15 is 0 Å². The number of nitrogens with one attached hydrogen (secondary N) is 1. The van der Waals surface area contributed by atoms with Crippen LogP contribution in [0.25, 0.3) is 10.8 Å². The molecule has 0 fully saturated rings. The van der Waals surface area contributed by atoms with E-state index in [-0.39, 0.29) is 25.0 Å². The summed E-state index contributed by atoms with van der Waals surface area (Å²) in [4.78, 5) is 28.2. The van der Waals surface area contributed by atoms with E-state index in [1.54, 1.807) is 25.2 Å². The summed E-state index contributed by atoms with van der Waals surface area (Å²) in [6.45, 7) is -0.230. The first-order chi connectivity index (χ1) is 17.9. The van der Waals surface area contributed by atoms with Crippen molar-refractivity contribution in [3.63, 3.8) is 0 Å². The summed E-state index contributed by atoms with van der Waals surface area (Å²) in [5.41, 5.74) is 1.48. The van der Waals surface area contributed by atoms with Gasteiger partial charge in [0.15, 0.2) is 6.61 Å². The van der Waals surface area contributed by atoms with Gasteiger partial charge in [-0.1, -0.05) is 89.9 Å². The topological polar surface area (TPSA) is 58.6 Å². The molecule has 8 heteroatoms. The minimum Gasteiger partial charge on any atom is -0.483 e. The number of benzene rings is 4. The average Bonchev–Trinajstić information content (AvgIpc) is 2.92. The molecule has 0 radical (unpaired) electrons. The van der Waals surface area contributed by atoms with Crippen molar-refractivity contribution in [2.24, 2.45) is 0 Å². The van der Waals surface area contributed by atoms with Gasteiger partial charge in [0.1, 0.15) is 11.8 Å². The minimum atomic E-state index is -0.809. The lowest BCUT2D eigenvalue weighted by Gasteiger charge is -2.31. The molecule has 0 aromatic heterocycles. The van der Waals surface area contributed by atoms with E-state index in [0.717, 1.165) is 20.8 Å². The summed E-state index contributed by atoms with van der Waals surface area (Å²) in [6.07, 6.45) is 0.313. The third kappa shape index (κ3) is 6.45. The van der Waals surface area contributed by atoms with E-state index in [1.807, 2.05) is 66.7 Å². The first kappa shape index (κ1) is 27.0. The highest BCUT2D eigenvalue weighted by Gasteiger charge is 2.31. The first-order valence-corrected chi connectivity index (χ1v) is 13.2. The number of fused-ring (bicyclic) bond motifs is 1. The van der Waals surface area contributed by atoms with E-state index in [0.29, 0.717) is 27.8 Å². The normalized spacial score (nSPS) is 11.7. The van der Waals surface area contributed by atoms with E-state index < -0.39 is 6.04 Å². The summed E-state index contributed by atoms with van der Waals surface area (Å²) < 4.78 is 6.72. The second kappa shape index (κ2) is 12.5. The fourth-order valence-corrected chi connectivity index (χ4v) is 5.25. The van der Waals surface area contributed by atoms with Crippen LogP contribution >= 0.6 is 39.1 Å². The van der Waals surface area contributed by atoms with Crippen LogP contribution in [0.5, 0.6) is 5.75 Å². The molecule has 0 unspecified atom stereocenters. The molecular weight excluding hydrogens is 575 g/mol. The number of hydrogen-bond acceptors (Lipinski definition) is 3. The van der Waals surface area contributed by atoms with Crippen molar-refractivity contribution in [1.29, 1.82) is 0 Å². The first-order valence-electron chi connectivity index (χ1n) is 11.7. The Kier molecular flexibility index (Phi) is 9.09. The molecule has 0 spiro atoms. The van der Waals surface area contributed by atoms with Crippen LogP contribution in [0.4, 0.5) is 0 Å². The van der Waals surface area contributed by atoms with Gasteiger partial charge in [0.05, 0.1) is 4.47 Å². The van der Waals surface area contributed by atoms with Crippen molar-refractivity contribution in [1.82, 2.24) is 10.2 Å². The van der Waals surface area contributed by atoms with Crippen LogP contribution in [-0.4, -0.2) is 36.4 Å². The summed E-state index contributed by atoms with van der Waals surface area (Å²) >= 11 is 16.5. The van der Waals surface area contributed by atoms with Gasteiger partial charge < -0.3 is 15.0 Å². The lowest BCUT2D eigenvalue weighted by molar-refractivity contribution is -0.142. The lowest BCUT2D eigenvalue weighted by Crippen LogP contribution is -2.51. The second-order valence-electron chi connectivity index (χ2n) is 8.43. The smallest absolute Gasteiger partial charge is 0.261 e. The molecule has 0 aliphatic heterocycles. The van der Waals surface area contributed by atoms with E-state index in [1.165, 1.54) is 4.90 Å². The summed E-state index contributed by atoms with van der Waals surface area (Å²) in [5, 5.41) is 5.54. The van der Waals surface area contributed by atoms with E-state index in [2.05, 4.69) is 21.2 Å². The minimum absolute atomic E-state index is 0.0461. The molecule has 0 saturated carbocycles. The van der Waals surface area contributed by atoms with Crippen molar-refractivity contribution in [3.05, 3.63) is 111 Å². The molecule has 4 aromatic carbocycles. The van der Waals surface area contributed by atoms with Gasteiger partial charge in [-0.3, -0.25) is 9.59 Å². The Hall–Kier alpha value is -3.06. The number of amides is 2. The van der Waals surface area contributed by atoms with E-state index in [9.17, 15) is 9.59 Å². The zero-order valence-electron chi connectivity index (χ0n) is 20.1. The molecule has 2 amide bonds. The highest BCUT2D eigenvalue weighted by atomic mass is 79.9. The van der Waals surface area contributed by atoms with Crippen molar-refractivity contribution >= 4 is 61.7 Å². The van der Waals surface area contributed by atoms with Crippen molar-refractivity contribution < 1.29 is 14.3 Å². The molecule has 190 valence electrons. The van der Waals surface area contributed by atoms with Gasteiger partial charge in [-0.25, -0.2) is 0 Å². The van der Waals surface area contributed by atoms with Gasteiger partial charge in [-0.05, 0) is 50.5 Å². The van der Waals surface area contributed by atoms with Crippen molar-refractivity contribution in [2.45, 2.75) is 19.0 Å². The van der Waals surface area contributed by atoms with Crippen LogP contribution in [0.1, 0.15) is 11.1 Å². The Bertz CT molecular complexity index is 1390. The Morgan fingerprint density at radius 3 is 2.30 bits per heavy atom. The molecular formula is C29H25BrCl2N2O3. The number of ether oxygens (including phenoxy) is 1. The molecule has 0 aliphatic rings. The van der Waals surface area contributed by atoms with Gasteiger partial charge in [0.25, 0.3) is 5.91 Å². The Morgan fingerprint density at radius 1 is 0.919 bits per heavy atom. The van der Waals surface area contributed by atoms with Crippen LogP contribution in [0.3, 0.4) is 0 Å². The number of hydrogen-bond donors (Lipinski definition) is 1. The van der Waals surface area contributed by atoms with Crippen molar-refractivity contribution in [3.8, 4) is 5.75 Å². The fraction of sp³-hybridized carbons (Fsp3) is 0.172. The maximum Gasteiger partial charge on any atom is 0.261 e. The average molecular weight is 600 g/mol. The molecule has 5 nitrogen and oxygen atoms in total. The monoisotopic (exact) mass is 598 g/mol. The molecule has 0 saturated heterocycles. The van der Waals surface area contributed by atoms with Crippen molar-refractivity contribution in [2.75, 3.05) is 13.7 Å². The lowest BCUT2D eigenvalue weighted by atomic mass is 10.0. The molecule has 0 bridgehead atoms. The maximum absolute atomic E-state index is 13.7. The molecule has 1 atom stereocenters. The molecule has 37 heavy (non-hydrogen) atoms. The number of rotatable bonds is 9. The van der Waals surface area contributed by atoms with E-state index in [4.69, 9.17) is 27.9 Å². The molecule has 4 rings (SSSR count).